The van der Waals surface area contributed by atoms with E-state index in [0.29, 0.717) is 24.9 Å². The van der Waals surface area contributed by atoms with Gasteiger partial charge in [-0.2, -0.15) is 0 Å². The lowest BCUT2D eigenvalue weighted by molar-refractivity contribution is -0.0272. The van der Waals surface area contributed by atoms with Crippen molar-refractivity contribution in [1.82, 2.24) is 4.90 Å². The molecule has 2 rings (SSSR count). The average Bonchev–Trinajstić information content (AvgIpc) is 2.38. The predicted molar refractivity (Wildman–Crippen MR) is 79.4 cm³/mol. The van der Waals surface area contributed by atoms with Gasteiger partial charge in [-0.3, -0.25) is 4.90 Å². The van der Waals surface area contributed by atoms with Gasteiger partial charge in [0, 0.05) is 24.8 Å². The first-order valence-corrected chi connectivity index (χ1v) is 8.47. The quantitative estimate of drug-likeness (QED) is 0.844. The Morgan fingerprint density at radius 2 is 2.20 bits per heavy atom. The number of nitrogens with zero attached hydrogens (tertiary/aromatic N) is 1. The van der Waals surface area contributed by atoms with Crippen molar-refractivity contribution < 1.29 is 13.2 Å². The van der Waals surface area contributed by atoms with Gasteiger partial charge in [-0.15, -0.1) is 0 Å². The van der Waals surface area contributed by atoms with E-state index < -0.39 is 9.84 Å². The summed E-state index contributed by atoms with van der Waals surface area (Å²) in [6.45, 7) is 6.30. The van der Waals surface area contributed by atoms with Crippen molar-refractivity contribution in [3.8, 4) is 0 Å². The highest BCUT2D eigenvalue weighted by Crippen LogP contribution is 2.18. The van der Waals surface area contributed by atoms with Crippen molar-refractivity contribution >= 4 is 15.5 Å². The zero-order chi connectivity index (χ0) is 14.8. The molecule has 0 aliphatic carbocycles. The summed E-state index contributed by atoms with van der Waals surface area (Å²) in [4.78, 5) is 2.51. The van der Waals surface area contributed by atoms with Gasteiger partial charge in [0.25, 0.3) is 0 Å². The topological polar surface area (TPSA) is 72.6 Å². The Balaban J connectivity index is 2.08. The highest BCUT2D eigenvalue weighted by atomic mass is 32.2. The van der Waals surface area contributed by atoms with E-state index in [4.69, 9.17) is 10.5 Å². The molecular weight excluding hydrogens is 276 g/mol. The second-order valence-electron chi connectivity index (χ2n) is 5.44. The van der Waals surface area contributed by atoms with Crippen molar-refractivity contribution in [3.05, 3.63) is 24.3 Å². The first-order valence-electron chi connectivity index (χ1n) is 6.82. The van der Waals surface area contributed by atoms with Crippen LogP contribution in [-0.2, 0) is 14.6 Å². The number of morpholine rings is 1. The first-order chi connectivity index (χ1) is 9.38. The standard InChI is InChI=1S/C14H22N2O3S/c1-11(2)16-6-7-19-13(9-16)10-20(17,18)14-5-3-4-12(15)8-14/h3-5,8,11,13H,6-7,9-10,15H2,1-2H3. The number of ether oxygens (including phenoxy) is 1. The second kappa shape index (κ2) is 6.11. The molecule has 1 aliphatic heterocycles. The minimum atomic E-state index is -3.36. The van der Waals surface area contributed by atoms with Crippen LogP contribution in [0.15, 0.2) is 29.2 Å². The summed E-state index contributed by atoms with van der Waals surface area (Å²) in [6.07, 6.45) is -0.280. The molecule has 20 heavy (non-hydrogen) atoms. The summed E-state index contributed by atoms with van der Waals surface area (Å²) < 4.78 is 30.3. The molecule has 5 nitrogen and oxygen atoms in total. The summed E-state index contributed by atoms with van der Waals surface area (Å²) in [6, 6.07) is 6.81. The predicted octanol–water partition coefficient (Wildman–Crippen LogP) is 1.15. The maximum atomic E-state index is 12.4. The van der Waals surface area contributed by atoms with Crippen LogP contribution in [0.25, 0.3) is 0 Å². The SMILES string of the molecule is CC(C)N1CCOC(CS(=O)(=O)c2cccc(N)c2)C1. The number of anilines is 1. The molecule has 1 fully saturated rings. The fraction of sp³-hybridized carbons (Fsp3) is 0.571. The monoisotopic (exact) mass is 298 g/mol. The van der Waals surface area contributed by atoms with E-state index >= 15 is 0 Å². The molecule has 0 spiro atoms. The second-order valence-corrected chi connectivity index (χ2v) is 7.47. The van der Waals surface area contributed by atoms with Crippen molar-refractivity contribution in [3.63, 3.8) is 0 Å². The number of benzene rings is 1. The Labute approximate surface area is 120 Å². The molecule has 0 bridgehead atoms. The molecule has 0 radical (unpaired) electrons. The summed E-state index contributed by atoms with van der Waals surface area (Å²) in [5.74, 6) is -0.000324. The molecule has 1 aromatic rings. The molecular formula is C14H22N2O3S. The van der Waals surface area contributed by atoms with Crippen LogP contribution in [0.2, 0.25) is 0 Å². The molecule has 1 saturated heterocycles. The molecule has 0 amide bonds. The van der Waals surface area contributed by atoms with Crippen LogP contribution in [0, 0.1) is 0 Å². The minimum absolute atomic E-state index is 0.000324. The number of sulfone groups is 1. The summed E-state index contributed by atoms with van der Waals surface area (Å²) >= 11 is 0. The normalized spacial score (nSPS) is 21.2. The van der Waals surface area contributed by atoms with E-state index in [-0.39, 0.29) is 16.8 Å². The lowest BCUT2D eigenvalue weighted by atomic mass is 10.2. The highest BCUT2D eigenvalue weighted by molar-refractivity contribution is 7.91. The lowest BCUT2D eigenvalue weighted by Gasteiger charge is -2.35. The van der Waals surface area contributed by atoms with E-state index in [1.54, 1.807) is 18.2 Å². The zero-order valence-electron chi connectivity index (χ0n) is 12.0. The molecule has 1 heterocycles. The van der Waals surface area contributed by atoms with Crippen molar-refractivity contribution in [2.45, 2.75) is 30.9 Å². The van der Waals surface area contributed by atoms with E-state index in [2.05, 4.69) is 18.7 Å². The van der Waals surface area contributed by atoms with Crippen LogP contribution >= 0.6 is 0 Å². The van der Waals surface area contributed by atoms with E-state index in [1.165, 1.54) is 6.07 Å². The average molecular weight is 298 g/mol. The number of rotatable bonds is 4. The highest BCUT2D eigenvalue weighted by Gasteiger charge is 2.27. The van der Waals surface area contributed by atoms with E-state index in [1.807, 2.05) is 0 Å². The Bertz CT molecular complexity index is 557. The fourth-order valence-electron chi connectivity index (χ4n) is 2.36. The van der Waals surface area contributed by atoms with Gasteiger partial charge in [-0.25, -0.2) is 8.42 Å². The van der Waals surface area contributed by atoms with Crippen molar-refractivity contribution in [2.24, 2.45) is 0 Å². The van der Waals surface area contributed by atoms with E-state index in [0.717, 1.165) is 6.54 Å². The van der Waals surface area contributed by atoms with Crippen LogP contribution in [0.3, 0.4) is 0 Å². The molecule has 1 unspecified atom stereocenters. The van der Waals surface area contributed by atoms with Crippen LogP contribution < -0.4 is 5.73 Å². The van der Waals surface area contributed by atoms with Gasteiger partial charge in [0.15, 0.2) is 9.84 Å². The smallest absolute Gasteiger partial charge is 0.181 e. The third kappa shape index (κ3) is 3.71. The minimum Gasteiger partial charge on any atom is -0.399 e. The van der Waals surface area contributed by atoms with Crippen molar-refractivity contribution in [2.75, 3.05) is 31.2 Å². The third-order valence-electron chi connectivity index (χ3n) is 3.52. The number of nitrogens with two attached hydrogens (primary N) is 1. The van der Waals surface area contributed by atoms with Crippen LogP contribution in [0.5, 0.6) is 0 Å². The molecule has 2 N–H and O–H groups in total. The van der Waals surface area contributed by atoms with Crippen molar-refractivity contribution in [1.29, 1.82) is 0 Å². The van der Waals surface area contributed by atoms with Crippen LogP contribution in [-0.4, -0.2) is 50.9 Å². The Hall–Kier alpha value is -1.11. The molecule has 0 aromatic heterocycles. The van der Waals surface area contributed by atoms with Gasteiger partial charge in [0.2, 0.25) is 0 Å². The molecule has 0 saturated carbocycles. The summed E-state index contributed by atoms with van der Waals surface area (Å²) in [5, 5.41) is 0. The molecule has 1 aromatic carbocycles. The van der Waals surface area contributed by atoms with E-state index in [9.17, 15) is 8.42 Å². The lowest BCUT2D eigenvalue weighted by Crippen LogP contribution is -2.48. The number of hydrogen-bond acceptors (Lipinski definition) is 5. The summed E-state index contributed by atoms with van der Waals surface area (Å²) in [7, 11) is -3.36. The van der Waals surface area contributed by atoms with Crippen LogP contribution in [0.1, 0.15) is 13.8 Å². The fourth-order valence-corrected chi connectivity index (χ4v) is 3.85. The zero-order valence-corrected chi connectivity index (χ0v) is 12.8. The first kappa shape index (κ1) is 15.3. The maximum Gasteiger partial charge on any atom is 0.181 e. The Morgan fingerprint density at radius 3 is 2.85 bits per heavy atom. The van der Waals surface area contributed by atoms with Gasteiger partial charge in [0.1, 0.15) is 0 Å². The number of nitrogen functional groups attached to an aromatic ring is 1. The van der Waals surface area contributed by atoms with Crippen LogP contribution in [0.4, 0.5) is 5.69 Å². The third-order valence-corrected chi connectivity index (χ3v) is 5.31. The Kier molecular flexibility index (Phi) is 4.67. The Morgan fingerprint density at radius 1 is 1.45 bits per heavy atom. The van der Waals surface area contributed by atoms with Gasteiger partial charge >= 0.3 is 0 Å². The van der Waals surface area contributed by atoms with Gasteiger partial charge < -0.3 is 10.5 Å². The van der Waals surface area contributed by atoms with Gasteiger partial charge in [0.05, 0.1) is 23.4 Å². The largest absolute Gasteiger partial charge is 0.399 e. The molecule has 6 heteroatoms. The number of hydrogen-bond donors (Lipinski definition) is 1. The summed E-state index contributed by atoms with van der Waals surface area (Å²) in [5.41, 5.74) is 6.10. The van der Waals surface area contributed by atoms with Gasteiger partial charge in [-0.1, -0.05) is 6.07 Å². The molecule has 1 atom stereocenters. The molecule has 1 aliphatic rings. The maximum absolute atomic E-state index is 12.4. The molecule has 112 valence electrons. The van der Waals surface area contributed by atoms with Gasteiger partial charge in [-0.05, 0) is 32.0 Å².